The van der Waals surface area contributed by atoms with Gasteiger partial charge in [-0.15, -0.1) is 11.3 Å². The Morgan fingerprint density at radius 3 is 2.63 bits per heavy atom. The van der Waals surface area contributed by atoms with E-state index >= 15 is 0 Å². The minimum absolute atomic E-state index is 0.00929. The molecule has 1 amide bonds. The molecular formula is C18H25N3O4S2. The molecule has 0 radical (unpaired) electrons. The number of fused-ring (bicyclic) bond motifs is 3. The molecule has 27 heavy (non-hydrogen) atoms. The van der Waals surface area contributed by atoms with Crippen molar-refractivity contribution in [3.05, 3.63) is 20.8 Å². The lowest BCUT2D eigenvalue weighted by atomic mass is 10.2. The fourth-order valence-electron chi connectivity index (χ4n) is 3.22. The summed E-state index contributed by atoms with van der Waals surface area (Å²) < 4.78 is 11.7. The highest BCUT2D eigenvalue weighted by Crippen LogP contribution is 2.35. The third-order valence-corrected chi connectivity index (χ3v) is 6.91. The van der Waals surface area contributed by atoms with Crippen LogP contribution in [0.3, 0.4) is 0 Å². The van der Waals surface area contributed by atoms with Gasteiger partial charge in [0.1, 0.15) is 4.83 Å². The topological polar surface area (TPSA) is 73.7 Å². The molecule has 0 saturated carbocycles. The monoisotopic (exact) mass is 411 g/mol. The number of methoxy groups -OCH3 is 2. The lowest BCUT2D eigenvalue weighted by Gasteiger charge is -2.22. The number of rotatable bonds is 9. The fraction of sp³-hybridized carbons (Fsp3) is 0.611. The second-order valence-corrected chi connectivity index (χ2v) is 8.48. The summed E-state index contributed by atoms with van der Waals surface area (Å²) in [5.41, 5.74) is 1.17. The molecule has 0 unspecified atom stereocenters. The van der Waals surface area contributed by atoms with Gasteiger partial charge < -0.3 is 14.4 Å². The van der Waals surface area contributed by atoms with Gasteiger partial charge in [0, 0.05) is 39.2 Å². The molecule has 0 saturated heterocycles. The van der Waals surface area contributed by atoms with Gasteiger partial charge >= 0.3 is 0 Å². The first-order chi connectivity index (χ1) is 13.1. The van der Waals surface area contributed by atoms with Crippen LogP contribution in [0.4, 0.5) is 0 Å². The number of aryl methyl sites for hydroxylation is 2. The second kappa shape index (κ2) is 9.18. The van der Waals surface area contributed by atoms with E-state index in [4.69, 9.17) is 9.47 Å². The number of thiophene rings is 1. The van der Waals surface area contributed by atoms with Crippen molar-refractivity contribution in [2.45, 2.75) is 24.4 Å². The third-order valence-electron chi connectivity index (χ3n) is 4.71. The zero-order valence-corrected chi connectivity index (χ0v) is 17.6. The minimum atomic E-state index is -0.0166. The van der Waals surface area contributed by atoms with E-state index in [9.17, 15) is 9.59 Å². The van der Waals surface area contributed by atoms with Crippen molar-refractivity contribution in [2.24, 2.45) is 7.05 Å². The molecule has 0 fully saturated rings. The fourth-order valence-corrected chi connectivity index (χ4v) is 5.39. The van der Waals surface area contributed by atoms with Crippen LogP contribution in [0.2, 0.25) is 0 Å². The Morgan fingerprint density at radius 2 is 1.96 bits per heavy atom. The maximum absolute atomic E-state index is 12.8. The molecule has 0 bridgehead atoms. The average Bonchev–Trinajstić information content (AvgIpc) is 3.24. The van der Waals surface area contributed by atoms with Crippen LogP contribution in [0, 0.1) is 0 Å². The van der Waals surface area contributed by atoms with Crippen LogP contribution in [-0.4, -0.2) is 66.6 Å². The summed E-state index contributed by atoms with van der Waals surface area (Å²) >= 11 is 2.93. The van der Waals surface area contributed by atoms with Crippen molar-refractivity contribution in [1.29, 1.82) is 0 Å². The van der Waals surface area contributed by atoms with Gasteiger partial charge in [0.05, 0.1) is 24.4 Å². The lowest BCUT2D eigenvalue weighted by Crippen LogP contribution is -2.37. The van der Waals surface area contributed by atoms with E-state index in [0.29, 0.717) is 31.5 Å². The largest absolute Gasteiger partial charge is 0.383 e. The van der Waals surface area contributed by atoms with E-state index in [0.717, 1.165) is 29.5 Å². The van der Waals surface area contributed by atoms with Crippen molar-refractivity contribution < 1.29 is 14.3 Å². The van der Waals surface area contributed by atoms with E-state index in [1.54, 1.807) is 42.1 Å². The molecule has 3 rings (SSSR count). The third kappa shape index (κ3) is 4.37. The molecule has 0 aromatic carbocycles. The Bertz CT molecular complexity index is 870. The van der Waals surface area contributed by atoms with Crippen LogP contribution in [-0.2, 0) is 34.2 Å². The van der Waals surface area contributed by atoms with Crippen LogP contribution in [0.5, 0.6) is 0 Å². The normalized spacial score (nSPS) is 13.3. The number of nitrogens with zero attached hydrogens (tertiary/aromatic N) is 3. The Balaban J connectivity index is 1.75. The Labute approximate surface area is 166 Å². The highest BCUT2D eigenvalue weighted by Gasteiger charge is 2.23. The van der Waals surface area contributed by atoms with Crippen molar-refractivity contribution in [3.8, 4) is 0 Å². The average molecular weight is 412 g/mol. The zero-order valence-electron chi connectivity index (χ0n) is 15.9. The molecule has 9 heteroatoms. The molecule has 1 aliphatic rings. The predicted molar refractivity (Wildman–Crippen MR) is 108 cm³/mol. The van der Waals surface area contributed by atoms with Crippen LogP contribution in [0.1, 0.15) is 16.9 Å². The van der Waals surface area contributed by atoms with Crippen LogP contribution >= 0.6 is 23.1 Å². The van der Waals surface area contributed by atoms with Gasteiger partial charge in [0.15, 0.2) is 5.16 Å². The number of thioether (sulfide) groups is 1. The van der Waals surface area contributed by atoms with Crippen LogP contribution < -0.4 is 5.56 Å². The first-order valence-corrected chi connectivity index (χ1v) is 10.8. The van der Waals surface area contributed by atoms with Gasteiger partial charge in [-0.2, -0.15) is 0 Å². The van der Waals surface area contributed by atoms with Crippen molar-refractivity contribution >= 4 is 39.2 Å². The number of hydrogen-bond donors (Lipinski definition) is 0. The van der Waals surface area contributed by atoms with Crippen molar-refractivity contribution in [2.75, 3.05) is 46.3 Å². The van der Waals surface area contributed by atoms with Gasteiger partial charge in [-0.05, 0) is 24.8 Å². The highest BCUT2D eigenvalue weighted by atomic mass is 32.2. The van der Waals surface area contributed by atoms with Gasteiger partial charge in [0.25, 0.3) is 5.56 Å². The number of hydrogen-bond acceptors (Lipinski definition) is 7. The van der Waals surface area contributed by atoms with Crippen LogP contribution in [0.15, 0.2) is 9.95 Å². The molecule has 2 aromatic heterocycles. The molecule has 2 heterocycles. The molecule has 7 nitrogen and oxygen atoms in total. The Hall–Kier alpha value is -1.42. The van der Waals surface area contributed by atoms with Gasteiger partial charge in [-0.1, -0.05) is 11.8 Å². The van der Waals surface area contributed by atoms with E-state index in [-0.39, 0.29) is 17.2 Å². The van der Waals surface area contributed by atoms with Crippen molar-refractivity contribution in [3.63, 3.8) is 0 Å². The predicted octanol–water partition coefficient (Wildman–Crippen LogP) is 1.70. The molecule has 2 aromatic rings. The summed E-state index contributed by atoms with van der Waals surface area (Å²) in [6.45, 7) is 1.98. The van der Waals surface area contributed by atoms with Gasteiger partial charge in [-0.3, -0.25) is 14.2 Å². The van der Waals surface area contributed by atoms with Crippen molar-refractivity contribution in [1.82, 2.24) is 14.5 Å². The quantitative estimate of drug-likeness (QED) is 0.462. The van der Waals surface area contributed by atoms with Crippen LogP contribution in [0.25, 0.3) is 10.2 Å². The number of aromatic nitrogens is 2. The number of ether oxygens (including phenoxy) is 2. The summed E-state index contributed by atoms with van der Waals surface area (Å²) in [6, 6.07) is 0. The number of amides is 1. The van der Waals surface area contributed by atoms with E-state index in [1.165, 1.54) is 22.2 Å². The van der Waals surface area contributed by atoms with Gasteiger partial charge in [0.2, 0.25) is 5.91 Å². The van der Waals surface area contributed by atoms with E-state index in [2.05, 4.69) is 4.98 Å². The maximum Gasteiger partial charge on any atom is 0.262 e. The Morgan fingerprint density at radius 1 is 1.26 bits per heavy atom. The number of carbonyl (C=O) groups excluding carboxylic acids is 1. The molecule has 0 aliphatic heterocycles. The summed E-state index contributed by atoms with van der Waals surface area (Å²) in [6.07, 6.45) is 3.11. The Kier molecular flexibility index (Phi) is 6.91. The second-order valence-electron chi connectivity index (χ2n) is 6.45. The molecule has 148 valence electrons. The SMILES string of the molecule is COCCN(CCOC)C(=O)CSc1nc2sc3c(c2c(=O)n1C)CCC3. The molecule has 0 atom stereocenters. The highest BCUT2D eigenvalue weighted by molar-refractivity contribution is 7.99. The molecular weight excluding hydrogens is 386 g/mol. The lowest BCUT2D eigenvalue weighted by molar-refractivity contribution is -0.129. The smallest absolute Gasteiger partial charge is 0.262 e. The first-order valence-electron chi connectivity index (χ1n) is 8.96. The first kappa shape index (κ1) is 20.3. The summed E-state index contributed by atoms with van der Waals surface area (Å²) in [7, 11) is 4.95. The molecule has 0 N–H and O–H groups in total. The standard InChI is InChI=1S/C18H25N3O4S2/c1-20-17(23)15-12-5-4-6-13(12)27-16(15)19-18(20)26-11-14(22)21(7-9-24-2)8-10-25-3/h4-11H2,1-3H3. The van der Waals surface area contributed by atoms with Gasteiger partial charge in [-0.25, -0.2) is 4.98 Å². The molecule has 1 aliphatic carbocycles. The minimum Gasteiger partial charge on any atom is -0.383 e. The molecule has 0 spiro atoms. The van der Waals surface area contributed by atoms with E-state index < -0.39 is 0 Å². The summed E-state index contributed by atoms with van der Waals surface area (Å²) in [4.78, 5) is 33.9. The summed E-state index contributed by atoms with van der Waals surface area (Å²) in [5, 5.41) is 1.35. The van der Waals surface area contributed by atoms with E-state index in [1.807, 2.05) is 0 Å². The maximum atomic E-state index is 12.8. The number of carbonyl (C=O) groups is 1. The zero-order chi connectivity index (χ0) is 19.4. The summed E-state index contributed by atoms with van der Waals surface area (Å²) in [5.74, 6) is 0.210.